The number of methoxy groups -OCH3 is 1. The maximum atomic E-state index is 11.6. The molecule has 1 atom stereocenters. The van der Waals surface area contributed by atoms with E-state index >= 15 is 0 Å². The van der Waals surface area contributed by atoms with Gasteiger partial charge in [0.25, 0.3) is 0 Å². The molecule has 1 unspecified atom stereocenters. The van der Waals surface area contributed by atoms with Crippen molar-refractivity contribution in [1.82, 2.24) is 0 Å². The average Bonchev–Trinajstić information content (AvgIpc) is 2.70. The normalized spacial score (nSPS) is 21.1. The minimum Gasteiger partial charge on any atom is -0.465 e. The number of nitrogens with one attached hydrogen (secondary N) is 1. The molecule has 3 N–H and O–H groups in total. The summed E-state index contributed by atoms with van der Waals surface area (Å²) in [6.45, 7) is 4.56. The Morgan fingerprint density at radius 3 is 2.79 bits per heavy atom. The molecule has 0 saturated heterocycles. The summed E-state index contributed by atoms with van der Waals surface area (Å²) in [7, 11) is 1.36. The van der Waals surface area contributed by atoms with Crippen LogP contribution < -0.4 is 11.1 Å². The molecule has 4 nitrogen and oxygen atoms in total. The first-order chi connectivity index (χ1) is 8.93. The lowest BCUT2D eigenvalue weighted by atomic mass is 9.92. The molecular weight excluding hydrogens is 240 g/mol. The van der Waals surface area contributed by atoms with Crippen molar-refractivity contribution in [1.29, 1.82) is 0 Å². The summed E-state index contributed by atoms with van der Waals surface area (Å²) in [5.41, 5.74) is 8.14. The zero-order valence-corrected chi connectivity index (χ0v) is 11.8. The van der Waals surface area contributed by atoms with Crippen LogP contribution in [-0.4, -0.2) is 19.1 Å². The van der Waals surface area contributed by atoms with Gasteiger partial charge < -0.3 is 15.8 Å². The number of rotatable bonds is 3. The zero-order chi connectivity index (χ0) is 14.0. The number of hydrogen-bond acceptors (Lipinski definition) is 4. The van der Waals surface area contributed by atoms with Gasteiger partial charge in [0, 0.05) is 6.04 Å². The molecule has 1 saturated carbocycles. The molecule has 1 aromatic rings. The Bertz CT molecular complexity index is 483. The summed E-state index contributed by atoms with van der Waals surface area (Å²) in [5, 5.41) is 3.45. The van der Waals surface area contributed by atoms with Crippen LogP contribution in [0.15, 0.2) is 18.2 Å². The topological polar surface area (TPSA) is 64.3 Å². The molecule has 104 valence electrons. The van der Waals surface area contributed by atoms with E-state index in [1.807, 2.05) is 12.1 Å². The van der Waals surface area contributed by atoms with Gasteiger partial charge >= 0.3 is 5.97 Å². The van der Waals surface area contributed by atoms with E-state index in [0.29, 0.717) is 22.7 Å². The number of carbonyl (C=O) groups is 1. The Morgan fingerprint density at radius 1 is 1.47 bits per heavy atom. The second kappa shape index (κ2) is 5.11. The Hall–Kier alpha value is -1.71. The molecule has 0 heterocycles. The maximum absolute atomic E-state index is 11.6. The van der Waals surface area contributed by atoms with Gasteiger partial charge in [-0.25, -0.2) is 4.79 Å². The molecule has 0 radical (unpaired) electrons. The largest absolute Gasteiger partial charge is 0.465 e. The van der Waals surface area contributed by atoms with Gasteiger partial charge in [0.05, 0.1) is 24.0 Å². The van der Waals surface area contributed by atoms with Crippen molar-refractivity contribution in [2.75, 3.05) is 18.2 Å². The average molecular weight is 262 g/mol. The van der Waals surface area contributed by atoms with Crippen molar-refractivity contribution >= 4 is 17.3 Å². The highest BCUT2D eigenvalue weighted by Crippen LogP contribution is 2.39. The molecule has 1 aliphatic carbocycles. The number of hydrogen-bond donors (Lipinski definition) is 2. The monoisotopic (exact) mass is 262 g/mol. The second-order valence-corrected chi connectivity index (χ2v) is 6.01. The van der Waals surface area contributed by atoms with E-state index in [0.717, 1.165) is 18.5 Å². The smallest absolute Gasteiger partial charge is 0.340 e. The Labute approximate surface area is 114 Å². The molecule has 0 spiro atoms. The maximum Gasteiger partial charge on any atom is 0.340 e. The van der Waals surface area contributed by atoms with E-state index in [9.17, 15) is 4.79 Å². The van der Waals surface area contributed by atoms with Crippen LogP contribution in [0.25, 0.3) is 0 Å². The molecule has 1 aliphatic rings. The molecular formula is C15H22N2O2. The third kappa shape index (κ3) is 3.00. The van der Waals surface area contributed by atoms with Gasteiger partial charge in [-0.05, 0) is 36.8 Å². The van der Waals surface area contributed by atoms with Crippen LogP contribution in [0.1, 0.15) is 43.5 Å². The Kier molecular flexibility index (Phi) is 3.69. The van der Waals surface area contributed by atoms with Crippen molar-refractivity contribution in [3.63, 3.8) is 0 Å². The molecule has 0 aromatic heterocycles. The SMILES string of the molecule is COC(=O)c1cccc(NC2CCC(C)(C)C2)c1N. The predicted molar refractivity (Wildman–Crippen MR) is 77.2 cm³/mol. The lowest BCUT2D eigenvalue weighted by molar-refractivity contribution is 0.0602. The summed E-state index contributed by atoms with van der Waals surface area (Å²) < 4.78 is 4.73. The summed E-state index contributed by atoms with van der Waals surface area (Å²) >= 11 is 0. The van der Waals surface area contributed by atoms with E-state index in [4.69, 9.17) is 10.5 Å². The molecule has 0 aliphatic heterocycles. The molecule has 4 heteroatoms. The van der Waals surface area contributed by atoms with Gasteiger partial charge in [-0.3, -0.25) is 0 Å². The third-order valence-corrected chi connectivity index (χ3v) is 3.84. The highest BCUT2D eigenvalue weighted by Gasteiger charge is 2.31. The van der Waals surface area contributed by atoms with E-state index in [2.05, 4.69) is 19.2 Å². The summed E-state index contributed by atoms with van der Waals surface area (Å²) in [5.74, 6) is -0.395. The molecule has 1 aromatic carbocycles. The van der Waals surface area contributed by atoms with Gasteiger partial charge in [-0.15, -0.1) is 0 Å². The van der Waals surface area contributed by atoms with Crippen molar-refractivity contribution in [2.45, 2.75) is 39.2 Å². The summed E-state index contributed by atoms with van der Waals surface area (Å²) in [4.78, 5) is 11.6. The highest BCUT2D eigenvalue weighted by atomic mass is 16.5. The number of nitrogen functional groups attached to an aromatic ring is 1. The minimum absolute atomic E-state index is 0.381. The first-order valence-electron chi connectivity index (χ1n) is 6.66. The van der Waals surface area contributed by atoms with Crippen molar-refractivity contribution in [3.05, 3.63) is 23.8 Å². The molecule has 1 fully saturated rings. The summed E-state index contributed by atoms with van der Waals surface area (Å²) in [6.07, 6.45) is 3.46. The van der Waals surface area contributed by atoms with Gasteiger partial charge in [-0.1, -0.05) is 19.9 Å². The lowest BCUT2D eigenvalue weighted by Gasteiger charge is -2.20. The van der Waals surface area contributed by atoms with E-state index in [-0.39, 0.29) is 0 Å². The Morgan fingerprint density at radius 2 is 2.21 bits per heavy atom. The molecule has 2 rings (SSSR count). The predicted octanol–water partition coefficient (Wildman–Crippen LogP) is 3.05. The van der Waals surface area contributed by atoms with Crippen molar-refractivity contribution < 1.29 is 9.53 Å². The molecule has 19 heavy (non-hydrogen) atoms. The van der Waals surface area contributed by atoms with Crippen LogP contribution in [0.2, 0.25) is 0 Å². The fourth-order valence-electron chi connectivity index (χ4n) is 2.76. The first kappa shape index (κ1) is 13.7. The fraction of sp³-hybridized carbons (Fsp3) is 0.533. The van der Waals surface area contributed by atoms with Crippen LogP contribution in [0.4, 0.5) is 11.4 Å². The second-order valence-electron chi connectivity index (χ2n) is 6.01. The van der Waals surface area contributed by atoms with Crippen LogP contribution >= 0.6 is 0 Å². The number of benzene rings is 1. The van der Waals surface area contributed by atoms with Crippen LogP contribution in [0.5, 0.6) is 0 Å². The number of anilines is 2. The molecule has 0 bridgehead atoms. The molecule has 0 amide bonds. The number of ether oxygens (including phenoxy) is 1. The van der Waals surface area contributed by atoms with E-state index in [1.165, 1.54) is 13.5 Å². The zero-order valence-electron chi connectivity index (χ0n) is 11.8. The van der Waals surface area contributed by atoms with Gasteiger partial charge in [0.2, 0.25) is 0 Å². The standard InChI is InChI=1S/C15H22N2O2/c1-15(2)8-7-10(9-15)17-12-6-4-5-11(13(12)16)14(18)19-3/h4-6,10,17H,7-9,16H2,1-3H3. The number of esters is 1. The number of carbonyl (C=O) groups excluding carboxylic acids is 1. The van der Waals surface area contributed by atoms with E-state index < -0.39 is 5.97 Å². The fourth-order valence-corrected chi connectivity index (χ4v) is 2.76. The minimum atomic E-state index is -0.395. The van der Waals surface area contributed by atoms with Crippen LogP contribution in [0, 0.1) is 5.41 Å². The van der Waals surface area contributed by atoms with Crippen LogP contribution in [-0.2, 0) is 4.74 Å². The van der Waals surface area contributed by atoms with E-state index in [1.54, 1.807) is 6.07 Å². The Balaban J connectivity index is 2.15. The number of para-hydroxylation sites is 1. The number of nitrogens with two attached hydrogens (primary N) is 1. The van der Waals surface area contributed by atoms with Gasteiger partial charge in [0.15, 0.2) is 0 Å². The van der Waals surface area contributed by atoms with Crippen LogP contribution in [0.3, 0.4) is 0 Å². The van der Waals surface area contributed by atoms with Crippen molar-refractivity contribution in [3.8, 4) is 0 Å². The highest BCUT2D eigenvalue weighted by molar-refractivity contribution is 5.98. The van der Waals surface area contributed by atoms with Crippen molar-refractivity contribution in [2.24, 2.45) is 5.41 Å². The summed E-state index contributed by atoms with van der Waals surface area (Å²) in [6, 6.07) is 5.84. The first-order valence-corrected chi connectivity index (χ1v) is 6.66. The van der Waals surface area contributed by atoms with Gasteiger partial charge in [0.1, 0.15) is 0 Å². The van der Waals surface area contributed by atoms with Gasteiger partial charge in [-0.2, -0.15) is 0 Å². The lowest BCUT2D eigenvalue weighted by Crippen LogP contribution is -2.19. The quantitative estimate of drug-likeness (QED) is 0.649. The third-order valence-electron chi connectivity index (χ3n) is 3.84.